The summed E-state index contributed by atoms with van der Waals surface area (Å²) in [7, 11) is 3.20. The van der Waals surface area contributed by atoms with E-state index in [4.69, 9.17) is 0 Å². The minimum Gasteiger partial charge on any atom is -0.396 e. The Bertz CT molecular complexity index is 538. The standard InChI is InChI=1S/C15H24F3N5O/c1-22(2)14-20-12(15(16,17)18)8-13(21-14)19-5-7-23-6-3-4-11(9-23)10-24/h8,11,24H,3-7,9-10H2,1-2H3,(H,19,20,21). The van der Waals surface area contributed by atoms with Crippen molar-refractivity contribution in [1.82, 2.24) is 14.9 Å². The molecule has 0 amide bonds. The van der Waals surface area contributed by atoms with E-state index in [1.165, 1.54) is 4.90 Å². The van der Waals surface area contributed by atoms with Crippen molar-refractivity contribution in [3.8, 4) is 0 Å². The molecule has 0 bridgehead atoms. The van der Waals surface area contributed by atoms with Crippen molar-refractivity contribution in [1.29, 1.82) is 0 Å². The van der Waals surface area contributed by atoms with Gasteiger partial charge in [-0.15, -0.1) is 0 Å². The van der Waals surface area contributed by atoms with Gasteiger partial charge in [0, 0.05) is 46.4 Å². The molecule has 1 unspecified atom stereocenters. The van der Waals surface area contributed by atoms with Crippen molar-refractivity contribution in [3.63, 3.8) is 0 Å². The third-order valence-electron chi connectivity index (χ3n) is 4.00. The van der Waals surface area contributed by atoms with E-state index in [0.717, 1.165) is 32.0 Å². The molecule has 0 aliphatic carbocycles. The van der Waals surface area contributed by atoms with Crippen molar-refractivity contribution >= 4 is 11.8 Å². The first-order chi connectivity index (χ1) is 11.3. The van der Waals surface area contributed by atoms with E-state index in [9.17, 15) is 18.3 Å². The predicted octanol–water partition coefficient (Wildman–Crippen LogP) is 1.68. The lowest BCUT2D eigenvalue weighted by Crippen LogP contribution is -2.39. The normalized spacial score (nSPS) is 19.3. The van der Waals surface area contributed by atoms with Crippen LogP contribution in [0.2, 0.25) is 0 Å². The highest BCUT2D eigenvalue weighted by Gasteiger charge is 2.34. The number of hydrogen-bond acceptors (Lipinski definition) is 6. The number of halogens is 3. The van der Waals surface area contributed by atoms with Crippen molar-refractivity contribution < 1.29 is 18.3 Å². The highest BCUT2D eigenvalue weighted by Crippen LogP contribution is 2.30. The van der Waals surface area contributed by atoms with E-state index < -0.39 is 11.9 Å². The number of nitrogens with one attached hydrogen (secondary N) is 1. The first kappa shape index (κ1) is 18.7. The molecule has 0 aromatic carbocycles. The van der Waals surface area contributed by atoms with Gasteiger partial charge in [-0.3, -0.25) is 0 Å². The summed E-state index contributed by atoms with van der Waals surface area (Å²) < 4.78 is 38.8. The molecule has 0 spiro atoms. The number of piperidine rings is 1. The Hall–Kier alpha value is -1.61. The zero-order valence-corrected chi connectivity index (χ0v) is 14.0. The number of hydrogen-bond donors (Lipinski definition) is 2. The molecule has 1 aromatic rings. The molecule has 1 saturated heterocycles. The Labute approximate surface area is 139 Å². The lowest BCUT2D eigenvalue weighted by Gasteiger charge is -2.31. The Morgan fingerprint density at radius 1 is 1.38 bits per heavy atom. The molecular formula is C15H24F3N5O. The van der Waals surface area contributed by atoms with Gasteiger partial charge in [-0.2, -0.15) is 18.2 Å². The fourth-order valence-corrected chi connectivity index (χ4v) is 2.72. The average Bonchev–Trinajstić information content (AvgIpc) is 2.54. The number of nitrogens with zero attached hydrogens (tertiary/aromatic N) is 4. The largest absolute Gasteiger partial charge is 0.433 e. The fourth-order valence-electron chi connectivity index (χ4n) is 2.72. The molecule has 0 radical (unpaired) electrons. The highest BCUT2D eigenvalue weighted by atomic mass is 19.4. The van der Waals surface area contributed by atoms with Gasteiger partial charge in [0.15, 0.2) is 5.69 Å². The molecule has 2 rings (SSSR count). The van der Waals surface area contributed by atoms with Crippen molar-refractivity contribution in [3.05, 3.63) is 11.8 Å². The molecule has 1 aliphatic rings. The van der Waals surface area contributed by atoms with Crippen LogP contribution in [-0.4, -0.2) is 66.9 Å². The number of aliphatic hydroxyl groups is 1. The van der Waals surface area contributed by atoms with Gasteiger partial charge in [0.25, 0.3) is 0 Å². The molecule has 24 heavy (non-hydrogen) atoms. The zero-order valence-electron chi connectivity index (χ0n) is 14.0. The van der Waals surface area contributed by atoms with E-state index in [-0.39, 0.29) is 24.3 Å². The van der Waals surface area contributed by atoms with E-state index in [2.05, 4.69) is 20.2 Å². The van der Waals surface area contributed by atoms with E-state index in [0.29, 0.717) is 13.1 Å². The number of likely N-dealkylation sites (tertiary alicyclic amines) is 1. The molecule has 0 saturated carbocycles. The van der Waals surface area contributed by atoms with Crippen LogP contribution >= 0.6 is 0 Å². The van der Waals surface area contributed by atoms with Crippen LogP contribution in [0.3, 0.4) is 0 Å². The van der Waals surface area contributed by atoms with Gasteiger partial charge in [0.1, 0.15) is 5.82 Å². The summed E-state index contributed by atoms with van der Waals surface area (Å²) in [5.74, 6) is 0.470. The molecule has 2 heterocycles. The van der Waals surface area contributed by atoms with E-state index in [1.54, 1.807) is 14.1 Å². The summed E-state index contributed by atoms with van der Waals surface area (Å²) in [6.45, 7) is 3.12. The van der Waals surface area contributed by atoms with Crippen LogP contribution in [0.4, 0.5) is 24.9 Å². The van der Waals surface area contributed by atoms with Crippen LogP contribution in [-0.2, 0) is 6.18 Å². The second kappa shape index (κ2) is 7.98. The summed E-state index contributed by atoms with van der Waals surface area (Å²) in [5.41, 5.74) is -0.956. The van der Waals surface area contributed by atoms with Gasteiger partial charge < -0.3 is 20.2 Å². The Morgan fingerprint density at radius 2 is 2.12 bits per heavy atom. The van der Waals surface area contributed by atoms with Gasteiger partial charge >= 0.3 is 6.18 Å². The van der Waals surface area contributed by atoms with Crippen LogP contribution in [0.15, 0.2) is 6.07 Å². The maximum Gasteiger partial charge on any atom is 0.433 e. The topological polar surface area (TPSA) is 64.5 Å². The molecule has 1 aromatic heterocycles. The van der Waals surface area contributed by atoms with Gasteiger partial charge in [-0.25, -0.2) is 4.98 Å². The molecule has 1 aliphatic heterocycles. The molecule has 6 nitrogen and oxygen atoms in total. The summed E-state index contributed by atoms with van der Waals surface area (Å²) in [4.78, 5) is 11.3. The van der Waals surface area contributed by atoms with Gasteiger partial charge in [0.05, 0.1) is 0 Å². The van der Waals surface area contributed by atoms with Crippen LogP contribution in [0.1, 0.15) is 18.5 Å². The number of aromatic nitrogens is 2. The molecule has 136 valence electrons. The molecule has 1 atom stereocenters. The lowest BCUT2D eigenvalue weighted by atomic mass is 9.99. The van der Waals surface area contributed by atoms with Crippen molar-refractivity contribution in [2.45, 2.75) is 19.0 Å². The van der Waals surface area contributed by atoms with Crippen molar-refractivity contribution in [2.24, 2.45) is 5.92 Å². The number of alkyl halides is 3. The maximum atomic E-state index is 12.9. The smallest absolute Gasteiger partial charge is 0.396 e. The number of anilines is 2. The molecule has 1 fully saturated rings. The second-order valence-electron chi connectivity index (χ2n) is 6.25. The maximum absolute atomic E-state index is 12.9. The molecule has 2 N–H and O–H groups in total. The Balaban J connectivity index is 1.97. The Kier molecular flexibility index (Phi) is 6.22. The minimum atomic E-state index is -4.51. The molecular weight excluding hydrogens is 323 g/mol. The first-order valence-electron chi connectivity index (χ1n) is 8.00. The minimum absolute atomic E-state index is 0.0191. The summed E-state index contributed by atoms with van der Waals surface area (Å²) in [6.07, 6.45) is -2.46. The van der Waals surface area contributed by atoms with Crippen LogP contribution < -0.4 is 10.2 Å². The van der Waals surface area contributed by atoms with Crippen molar-refractivity contribution in [2.75, 3.05) is 57.1 Å². The summed E-state index contributed by atoms with van der Waals surface area (Å²) in [6, 6.07) is 0.930. The van der Waals surface area contributed by atoms with E-state index in [1.807, 2.05) is 0 Å². The van der Waals surface area contributed by atoms with Gasteiger partial charge in [0.2, 0.25) is 5.95 Å². The van der Waals surface area contributed by atoms with Crippen LogP contribution in [0.5, 0.6) is 0 Å². The van der Waals surface area contributed by atoms with Gasteiger partial charge in [-0.05, 0) is 25.3 Å². The average molecular weight is 347 g/mol. The van der Waals surface area contributed by atoms with Crippen LogP contribution in [0.25, 0.3) is 0 Å². The number of rotatable bonds is 6. The quantitative estimate of drug-likeness (QED) is 0.816. The SMILES string of the molecule is CN(C)c1nc(NCCN2CCCC(CO)C2)cc(C(F)(F)F)n1. The number of aliphatic hydroxyl groups excluding tert-OH is 1. The van der Waals surface area contributed by atoms with E-state index >= 15 is 0 Å². The lowest BCUT2D eigenvalue weighted by molar-refractivity contribution is -0.141. The summed E-state index contributed by atoms with van der Waals surface area (Å²) in [5, 5.41) is 12.2. The first-order valence-corrected chi connectivity index (χ1v) is 8.00. The monoisotopic (exact) mass is 347 g/mol. The zero-order chi connectivity index (χ0) is 17.7. The third-order valence-corrected chi connectivity index (χ3v) is 4.00. The Morgan fingerprint density at radius 3 is 2.75 bits per heavy atom. The third kappa shape index (κ3) is 5.20. The highest BCUT2D eigenvalue weighted by molar-refractivity contribution is 5.43. The second-order valence-corrected chi connectivity index (χ2v) is 6.25. The summed E-state index contributed by atoms with van der Waals surface area (Å²) >= 11 is 0. The fraction of sp³-hybridized carbons (Fsp3) is 0.733. The van der Waals surface area contributed by atoms with Gasteiger partial charge in [-0.1, -0.05) is 0 Å². The predicted molar refractivity (Wildman–Crippen MR) is 86.1 cm³/mol. The molecule has 9 heteroatoms. The van der Waals surface area contributed by atoms with Crippen LogP contribution in [0, 0.1) is 5.92 Å².